The van der Waals surface area contributed by atoms with Crippen LogP contribution >= 0.6 is 12.2 Å². The molecule has 0 unspecified atom stereocenters. The van der Waals surface area contributed by atoms with Crippen molar-refractivity contribution in [1.29, 1.82) is 0 Å². The van der Waals surface area contributed by atoms with E-state index in [-0.39, 0.29) is 23.5 Å². The molecular weight excluding hydrogens is 167 g/mol. The van der Waals surface area contributed by atoms with E-state index in [2.05, 4.69) is 4.42 Å². The van der Waals surface area contributed by atoms with Gasteiger partial charge in [-0.3, -0.25) is 4.79 Å². The molecule has 0 saturated heterocycles. The molecule has 0 atom stereocenters. The molecule has 0 fully saturated rings. The van der Waals surface area contributed by atoms with Gasteiger partial charge in [-0.1, -0.05) is 12.2 Å². The first-order chi connectivity index (χ1) is 5.18. The second kappa shape index (κ2) is 1.98. The molecule has 1 aliphatic carbocycles. The minimum atomic E-state index is -0.745. The third kappa shape index (κ3) is 0.826. The van der Waals surface area contributed by atoms with Crippen molar-refractivity contribution in [2.75, 3.05) is 0 Å². The Hall–Kier alpha value is -1.03. The van der Waals surface area contributed by atoms with Crippen LogP contribution in [0.2, 0.25) is 0 Å². The van der Waals surface area contributed by atoms with E-state index < -0.39 is 6.01 Å². The van der Waals surface area contributed by atoms with Crippen LogP contribution in [-0.2, 0) is 0 Å². The Morgan fingerprint density at radius 1 is 1.64 bits per heavy atom. The van der Waals surface area contributed by atoms with Crippen LogP contribution in [0.3, 0.4) is 0 Å². The van der Waals surface area contributed by atoms with Gasteiger partial charge in [-0.2, -0.15) is 4.39 Å². The first-order valence-corrected chi connectivity index (χ1v) is 3.45. The Labute approximate surface area is 67.0 Å². The Morgan fingerprint density at radius 3 is 3.00 bits per heavy atom. The van der Waals surface area contributed by atoms with Crippen LogP contribution in [0.5, 0.6) is 0 Å². The van der Waals surface area contributed by atoms with E-state index >= 15 is 0 Å². The highest BCUT2D eigenvalue weighted by Crippen LogP contribution is 2.25. The Kier molecular flexibility index (Phi) is 1.20. The Bertz CT molecular complexity index is 322. The van der Waals surface area contributed by atoms with Crippen molar-refractivity contribution in [1.82, 2.24) is 0 Å². The second-order valence-corrected chi connectivity index (χ2v) is 2.81. The number of hydrogen-bond acceptors (Lipinski definition) is 3. The first-order valence-electron chi connectivity index (χ1n) is 3.04. The maximum absolute atomic E-state index is 12.4. The normalized spacial score (nSPS) is 15.7. The summed E-state index contributed by atoms with van der Waals surface area (Å²) in [7, 11) is 0. The number of Topliss-reactive ketones (excluding diaryl/α,β-unsaturated/α-hetero) is 1. The van der Waals surface area contributed by atoms with Crippen LogP contribution in [0.1, 0.15) is 22.5 Å². The molecule has 0 N–H and O–H groups in total. The number of carbonyl (C=O) groups is 1. The largest absolute Gasteiger partial charge is 0.430 e. The van der Waals surface area contributed by atoms with Gasteiger partial charge in [0.25, 0.3) is 6.01 Å². The van der Waals surface area contributed by atoms with Crippen molar-refractivity contribution in [2.45, 2.75) is 6.42 Å². The monoisotopic (exact) mass is 170 g/mol. The minimum Gasteiger partial charge on any atom is -0.430 e. The average Bonchev–Trinajstić information content (AvgIpc) is 2.38. The second-order valence-electron chi connectivity index (χ2n) is 2.32. The number of hydrogen-bond donors (Lipinski definition) is 0. The van der Waals surface area contributed by atoms with E-state index in [9.17, 15) is 9.18 Å². The first kappa shape index (κ1) is 6.67. The number of ketones is 1. The number of halogens is 1. The van der Waals surface area contributed by atoms with Crippen LogP contribution in [0.4, 0.5) is 4.39 Å². The van der Waals surface area contributed by atoms with Crippen molar-refractivity contribution < 1.29 is 13.6 Å². The fourth-order valence-electron chi connectivity index (χ4n) is 1.10. The molecule has 0 amide bonds. The number of carbonyl (C=O) groups excluding carboxylic acids is 1. The molecule has 0 saturated carbocycles. The van der Waals surface area contributed by atoms with Gasteiger partial charge >= 0.3 is 0 Å². The average molecular weight is 170 g/mol. The summed E-state index contributed by atoms with van der Waals surface area (Å²) in [6.07, 6.45) is 0.184. The molecule has 2 rings (SSSR count). The summed E-state index contributed by atoms with van der Waals surface area (Å²) in [6, 6.07) is 0.335. The lowest BCUT2D eigenvalue weighted by Crippen LogP contribution is -1.91. The number of rotatable bonds is 0. The summed E-state index contributed by atoms with van der Waals surface area (Å²) in [4.78, 5) is 11.4. The van der Waals surface area contributed by atoms with Gasteiger partial charge in [0.15, 0.2) is 11.5 Å². The van der Waals surface area contributed by atoms with Gasteiger partial charge in [0.1, 0.15) is 0 Å². The molecule has 56 valence electrons. The number of thiocarbonyl (C=S) groups is 1. The molecule has 0 bridgehead atoms. The Morgan fingerprint density at radius 2 is 2.36 bits per heavy atom. The third-order valence-electron chi connectivity index (χ3n) is 1.58. The van der Waals surface area contributed by atoms with Crippen molar-refractivity contribution in [2.24, 2.45) is 0 Å². The molecule has 4 heteroatoms. The Balaban J connectivity index is 2.67. The maximum atomic E-state index is 12.4. The summed E-state index contributed by atoms with van der Waals surface area (Å²) in [5, 5.41) is 0. The molecule has 0 aromatic carbocycles. The zero-order valence-corrected chi connectivity index (χ0v) is 6.20. The van der Waals surface area contributed by atoms with Gasteiger partial charge in [-0.25, -0.2) is 0 Å². The van der Waals surface area contributed by atoms with Crippen LogP contribution in [0, 0.1) is 6.01 Å². The highest BCUT2D eigenvalue weighted by Gasteiger charge is 2.29. The maximum Gasteiger partial charge on any atom is 0.279 e. The molecule has 1 aromatic heterocycles. The lowest BCUT2D eigenvalue weighted by atomic mass is 10.2. The van der Waals surface area contributed by atoms with Gasteiger partial charge in [0.05, 0.1) is 16.8 Å². The van der Waals surface area contributed by atoms with Crippen LogP contribution < -0.4 is 0 Å². The molecule has 1 aliphatic rings. The molecular formula is C7H3FO2S. The van der Waals surface area contributed by atoms with Gasteiger partial charge in [-0.15, -0.1) is 0 Å². The van der Waals surface area contributed by atoms with Crippen molar-refractivity contribution in [3.8, 4) is 0 Å². The van der Waals surface area contributed by atoms with Gasteiger partial charge in [0, 0.05) is 6.07 Å². The van der Waals surface area contributed by atoms with Crippen molar-refractivity contribution in [3.05, 3.63) is 23.4 Å². The third-order valence-corrected chi connectivity index (χ3v) is 1.91. The zero-order valence-electron chi connectivity index (χ0n) is 5.39. The quantitative estimate of drug-likeness (QED) is 0.555. The van der Waals surface area contributed by atoms with Gasteiger partial charge < -0.3 is 4.42 Å². The number of fused-ring (bicyclic) bond motifs is 1. The molecule has 1 heterocycles. The van der Waals surface area contributed by atoms with E-state index in [0.717, 1.165) is 6.07 Å². The predicted octanol–water partition coefficient (Wildman–Crippen LogP) is 1.72. The zero-order chi connectivity index (χ0) is 8.01. The fourth-order valence-corrected chi connectivity index (χ4v) is 1.38. The van der Waals surface area contributed by atoms with Crippen LogP contribution in [-0.4, -0.2) is 10.6 Å². The van der Waals surface area contributed by atoms with Gasteiger partial charge in [0.2, 0.25) is 0 Å². The lowest BCUT2D eigenvalue weighted by Gasteiger charge is -1.83. The molecule has 0 radical (unpaired) electrons. The topological polar surface area (TPSA) is 30.2 Å². The number of furan rings is 1. The van der Waals surface area contributed by atoms with Gasteiger partial charge in [-0.05, 0) is 0 Å². The standard InChI is InChI=1S/C7H3FO2S/c8-6-1-3-4(9)2-5(11)7(3)10-6/h1H,2H2. The summed E-state index contributed by atoms with van der Waals surface area (Å²) >= 11 is 4.78. The van der Waals surface area contributed by atoms with E-state index in [1.54, 1.807) is 0 Å². The summed E-state index contributed by atoms with van der Waals surface area (Å²) < 4.78 is 17.0. The molecule has 0 spiro atoms. The molecule has 11 heavy (non-hydrogen) atoms. The highest BCUT2D eigenvalue weighted by atomic mass is 32.1. The highest BCUT2D eigenvalue weighted by molar-refractivity contribution is 7.81. The fraction of sp³-hybridized carbons (Fsp3) is 0.143. The lowest BCUT2D eigenvalue weighted by molar-refractivity contribution is 0.101. The molecule has 1 aromatic rings. The SMILES string of the molecule is O=C1CC(=S)c2oc(F)cc21. The molecule has 2 nitrogen and oxygen atoms in total. The van der Waals surface area contributed by atoms with Crippen LogP contribution in [0.25, 0.3) is 0 Å². The van der Waals surface area contributed by atoms with E-state index in [1.165, 1.54) is 0 Å². The predicted molar refractivity (Wildman–Crippen MR) is 39.3 cm³/mol. The van der Waals surface area contributed by atoms with Crippen molar-refractivity contribution >= 4 is 22.9 Å². The van der Waals surface area contributed by atoms with E-state index in [0.29, 0.717) is 4.86 Å². The van der Waals surface area contributed by atoms with Crippen LogP contribution in [0.15, 0.2) is 10.5 Å². The van der Waals surface area contributed by atoms with E-state index in [1.807, 2.05) is 0 Å². The smallest absolute Gasteiger partial charge is 0.279 e. The summed E-state index contributed by atoms with van der Waals surface area (Å²) in [6.45, 7) is 0. The van der Waals surface area contributed by atoms with E-state index in [4.69, 9.17) is 12.2 Å². The molecule has 0 aliphatic heterocycles. The summed E-state index contributed by atoms with van der Waals surface area (Å²) in [5.41, 5.74) is 0.285. The van der Waals surface area contributed by atoms with Crippen molar-refractivity contribution in [3.63, 3.8) is 0 Å². The minimum absolute atomic E-state index is 0.155. The summed E-state index contributed by atoms with van der Waals surface area (Å²) in [5.74, 6) is 0.0835.